The summed E-state index contributed by atoms with van der Waals surface area (Å²) in [5.41, 5.74) is 2.87. The maximum atomic E-state index is 11.6. The topological polar surface area (TPSA) is 42.4 Å². The number of likely N-dealkylation sites (tertiary alicyclic amines) is 1. The average molecular weight is 270 g/mol. The minimum atomic E-state index is -0.246. The van der Waals surface area contributed by atoms with Gasteiger partial charge in [0.15, 0.2) is 0 Å². The van der Waals surface area contributed by atoms with Crippen molar-refractivity contribution in [3.05, 3.63) is 41.2 Å². The van der Waals surface area contributed by atoms with Crippen LogP contribution in [0.4, 0.5) is 4.79 Å². The predicted molar refractivity (Wildman–Crippen MR) is 77.1 cm³/mol. The van der Waals surface area contributed by atoms with Crippen molar-refractivity contribution < 1.29 is 9.53 Å². The van der Waals surface area contributed by atoms with Crippen LogP contribution in [-0.2, 0) is 4.74 Å². The number of hydrogen-bond acceptors (Lipinski definition) is 3. The van der Waals surface area contributed by atoms with E-state index >= 15 is 0 Å². The molecule has 1 aromatic heterocycles. The fourth-order valence-electron chi connectivity index (χ4n) is 1.99. The number of amides is 1. The van der Waals surface area contributed by atoms with E-state index in [1.807, 2.05) is 38.1 Å². The molecule has 0 saturated carbocycles. The molecule has 1 amide bonds. The fourth-order valence-corrected chi connectivity index (χ4v) is 1.99. The standard InChI is InChI=1S/C16H18N2O2/c1-3-20-16(19)18-11-10-14(12-18)7-5-9-15-8-4-6-13(2)17-15/h4,6-8H,3,10-12H2,1-2H3/b14-7+. The molecule has 1 aliphatic heterocycles. The molecule has 0 radical (unpaired) electrons. The highest BCUT2D eigenvalue weighted by atomic mass is 16.6. The molecule has 0 aliphatic carbocycles. The van der Waals surface area contributed by atoms with E-state index < -0.39 is 0 Å². The first-order valence-electron chi connectivity index (χ1n) is 6.74. The van der Waals surface area contributed by atoms with Crippen LogP contribution in [0.25, 0.3) is 0 Å². The summed E-state index contributed by atoms with van der Waals surface area (Å²) < 4.78 is 4.97. The fraction of sp³-hybridized carbons (Fsp3) is 0.375. The highest BCUT2D eigenvalue weighted by molar-refractivity contribution is 5.68. The summed E-state index contributed by atoms with van der Waals surface area (Å²) >= 11 is 0. The maximum Gasteiger partial charge on any atom is 0.410 e. The molecule has 104 valence electrons. The lowest BCUT2D eigenvalue weighted by Gasteiger charge is -2.13. The van der Waals surface area contributed by atoms with Crippen LogP contribution in [-0.4, -0.2) is 35.7 Å². The highest BCUT2D eigenvalue weighted by Crippen LogP contribution is 2.15. The molecule has 0 N–H and O–H groups in total. The number of nitrogens with zero attached hydrogens (tertiary/aromatic N) is 2. The molecule has 1 fully saturated rings. The van der Waals surface area contributed by atoms with Gasteiger partial charge in [0.05, 0.1) is 6.61 Å². The van der Waals surface area contributed by atoms with Crippen LogP contribution < -0.4 is 0 Å². The minimum Gasteiger partial charge on any atom is -0.450 e. The van der Waals surface area contributed by atoms with E-state index in [9.17, 15) is 4.79 Å². The van der Waals surface area contributed by atoms with Gasteiger partial charge >= 0.3 is 6.09 Å². The van der Waals surface area contributed by atoms with Gasteiger partial charge in [-0.25, -0.2) is 9.78 Å². The molecule has 0 unspecified atom stereocenters. The first kappa shape index (κ1) is 14.1. The number of carbonyl (C=O) groups excluding carboxylic acids is 1. The molecule has 0 aromatic carbocycles. The second-order valence-corrected chi connectivity index (χ2v) is 4.61. The first-order valence-corrected chi connectivity index (χ1v) is 6.74. The Labute approximate surface area is 119 Å². The van der Waals surface area contributed by atoms with E-state index in [-0.39, 0.29) is 6.09 Å². The molecular weight excluding hydrogens is 252 g/mol. The van der Waals surface area contributed by atoms with Gasteiger partial charge in [0, 0.05) is 18.8 Å². The van der Waals surface area contributed by atoms with Crippen LogP contribution in [0.15, 0.2) is 29.8 Å². The lowest BCUT2D eigenvalue weighted by atomic mass is 10.2. The third-order valence-electron chi connectivity index (χ3n) is 2.99. The third-order valence-corrected chi connectivity index (χ3v) is 2.99. The lowest BCUT2D eigenvalue weighted by molar-refractivity contribution is 0.116. The summed E-state index contributed by atoms with van der Waals surface area (Å²) in [7, 11) is 0. The number of hydrogen-bond donors (Lipinski definition) is 0. The molecule has 2 rings (SSSR count). The summed E-state index contributed by atoms with van der Waals surface area (Å²) in [6.45, 7) is 5.47. The first-order chi connectivity index (χ1) is 9.69. The number of pyridine rings is 1. The zero-order chi connectivity index (χ0) is 14.4. The highest BCUT2D eigenvalue weighted by Gasteiger charge is 2.21. The van der Waals surface area contributed by atoms with Gasteiger partial charge in [-0.1, -0.05) is 12.0 Å². The van der Waals surface area contributed by atoms with Crippen molar-refractivity contribution in [1.82, 2.24) is 9.88 Å². The SMILES string of the molecule is CCOC(=O)N1CC/C(=C\C#Cc2cccc(C)n2)C1. The Morgan fingerprint density at radius 3 is 3.15 bits per heavy atom. The number of rotatable bonds is 1. The normalized spacial score (nSPS) is 15.9. The van der Waals surface area contributed by atoms with Crippen LogP contribution >= 0.6 is 0 Å². The Hall–Kier alpha value is -2.28. The van der Waals surface area contributed by atoms with E-state index in [4.69, 9.17) is 4.74 Å². The van der Waals surface area contributed by atoms with Crippen LogP contribution in [0.3, 0.4) is 0 Å². The summed E-state index contributed by atoms with van der Waals surface area (Å²) in [6, 6.07) is 5.77. The second kappa shape index (κ2) is 6.76. The minimum absolute atomic E-state index is 0.246. The number of ether oxygens (including phenoxy) is 1. The van der Waals surface area contributed by atoms with Gasteiger partial charge in [0.2, 0.25) is 0 Å². The number of aryl methyl sites for hydroxylation is 1. The molecule has 0 atom stereocenters. The van der Waals surface area contributed by atoms with Crippen molar-refractivity contribution in [2.24, 2.45) is 0 Å². The van der Waals surface area contributed by atoms with Gasteiger partial charge in [0.25, 0.3) is 0 Å². The van der Waals surface area contributed by atoms with E-state index in [0.29, 0.717) is 19.7 Å². The van der Waals surface area contributed by atoms with Gasteiger partial charge in [-0.2, -0.15) is 0 Å². The Kier molecular flexibility index (Phi) is 4.78. The summed E-state index contributed by atoms with van der Waals surface area (Å²) in [5.74, 6) is 6.02. The largest absolute Gasteiger partial charge is 0.450 e. The van der Waals surface area contributed by atoms with Gasteiger partial charge < -0.3 is 9.64 Å². The second-order valence-electron chi connectivity index (χ2n) is 4.61. The lowest BCUT2D eigenvalue weighted by Crippen LogP contribution is -2.28. The van der Waals surface area contributed by atoms with Crippen LogP contribution in [0.1, 0.15) is 24.7 Å². The zero-order valence-electron chi connectivity index (χ0n) is 11.8. The Bertz CT molecular complexity index is 582. The van der Waals surface area contributed by atoms with Crippen molar-refractivity contribution in [2.75, 3.05) is 19.7 Å². The summed E-state index contributed by atoms with van der Waals surface area (Å²) in [6.07, 6.45) is 2.49. The molecule has 1 aliphatic rings. The molecule has 0 spiro atoms. The molecule has 20 heavy (non-hydrogen) atoms. The number of carbonyl (C=O) groups is 1. The smallest absolute Gasteiger partial charge is 0.410 e. The van der Waals surface area contributed by atoms with Crippen molar-refractivity contribution in [3.8, 4) is 11.8 Å². The zero-order valence-corrected chi connectivity index (χ0v) is 11.8. The quantitative estimate of drug-likeness (QED) is 0.736. The van der Waals surface area contributed by atoms with E-state index in [1.54, 1.807) is 4.90 Å². The van der Waals surface area contributed by atoms with E-state index in [0.717, 1.165) is 23.4 Å². The van der Waals surface area contributed by atoms with Crippen molar-refractivity contribution in [1.29, 1.82) is 0 Å². The monoisotopic (exact) mass is 270 g/mol. The maximum absolute atomic E-state index is 11.6. The van der Waals surface area contributed by atoms with E-state index in [2.05, 4.69) is 16.8 Å². The number of aromatic nitrogens is 1. The van der Waals surface area contributed by atoms with Crippen LogP contribution in [0, 0.1) is 18.8 Å². The predicted octanol–water partition coefficient (Wildman–Crippen LogP) is 2.53. The molecule has 4 nitrogen and oxygen atoms in total. The van der Waals surface area contributed by atoms with Gasteiger partial charge in [-0.15, -0.1) is 0 Å². The number of allylic oxidation sites excluding steroid dienone is 1. The van der Waals surface area contributed by atoms with Crippen molar-refractivity contribution >= 4 is 6.09 Å². The Morgan fingerprint density at radius 2 is 2.40 bits per heavy atom. The Balaban J connectivity index is 1.96. The van der Waals surface area contributed by atoms with E-state index in [1.165, 1.54) is 0 Å². The molecular formula is C16H18N2O2. The van der Waals surface area contributed by atoms with Gasteiger partial charge in [-0.05, 0) is 50.0 Å². The molecule has 4 heteroatoms. The third kappa shape index (κ3) is 3.86. The van der Waals surface area contributed by atoms with Gasteiger partial charge in [0.1, 0.15) is 5.69 Å². The molecule has 0 bridgehead atoms. The van der Waals surface area contributed by atoms with Crippen molar-refractivity contribution in [2.45, 2.75) is 20.3 Å². The molecule has 1 saturated heterocycles. The van der Waals surface area contributed by atoms with Crippen molar-refractivity contribution in [3.63, 3.8) is 0 Å². The van der Waals surface area contributed by atoms with Crippen LogP contribution in [0.5, 0.6) is 0 Å². The Morgan fingerprint density at radius 1 is 1.55 bits per heavy atom. The molecule has 1 aromatic rings. The van der Waals surface area contributed by atoms with Crippen LogP contribution in [0.2, 0.25) is 0 Å². The summed E-state index contributed by atoms with van der Waals surface area (Å²) in [5, 5.41) is 0. The summed E-state index contributed by atoms with van der Waals surface area (Å²) in [4.78, 5) is 17.6. The molecule has 2 heterocycles. The average Bonchev–Trinajstić information content (AvgIpc) is 2.88. The van der Waals surface area contributed by atoms with Gasteiger partial charge in [-0.3, -0.25) is 0 Å².